The van der Waals surface area contributed by atoms with Crippen LogP contribution in [-0.4, -0.2) is 48.4 Å². The van der Waals surface area contributed by atoms with Gasteiger partial charge in [-0.2, -0.15) is 0 Å². The molecule has 2 fully saturated rings. The third kappa shape index (κ3) is 2.62. The van der Waals surface area contributed by atoms with Crippen LogP contribution in [0, 0.1) is 0 Å². The average Bonchev–Trinajstić information content (AvgIpc) is 2.89. The van der Waals surface area contributed by atoms with Crippen LogP contribution in [0.3, 0.4) is 0 Å². The van der Waals surface area contributed by atoms with E-state index in [-0.39, 0.29) is 11.7 Å². The van der Waals surface area contributed by atoms with E-state index in [2.05, 4.69) is 46.7 Å². The van der Waals surface area contributed by atoms with Crippen LogP contribution in [0.1, 0.15) is 36.7 Å². The molecule has 2 heterocycles. The van der Waals surface area contributed by atoms with Gasteiger partial charge in [-0.3, -0.25) is 10.1 Å². The summed E-state index contributed by atoms with van der Waals surface area (Å²) in [6.45, 7) is 1.95. The first-order valence-electron chi connectivity index (χ1n) is 7.39. The van der Waals surface area contributed by atoms with E-state index >= 15 is 0 Å². The highest BCUT2D eigenvalue weighted by atomic mass is 32.1. The Hall–Kier alpha value is -0.910. The SMILES string of the molecule is CN(C)CCCCN1C(=O)C2(CC2)NC1c1cccs1. The van der Waals surface area contributed by atoms with Crippen molar-refractivity contribution >= 4 is 17.2 Å². The lowest BCUT2D eigenvalue weighted by Crippen LogP contribution is -2.33. The van der Waals surface area contributed by atoms with Crippen molar-refractivity contribution in [2.24, 2.45) is 0 Å². The molecule has 1 aliphatic carbocycles. The van der Waals surface area contributed by atoms with Gasteiger partial charge in [0.05, 0.1) is 0 Å². The van der Waals surface area contributed by atoms with Crippen LogP contribution < -0.4 is 5.32 Å². The van der Waals surface area contributed by atoms with Gasteiger partial charge in [0.1, 0.15) is 11.7 Å². The van der Waals surface area contributed by atoms with Crippen molar-refractivity contribution in [2.75, 3.05) is 27.2 Å². The van der Waals surface area contributed by atoms with Crippen molar-refractivity contribution < 1.29 is 4.79 Å². The third-order valence-corrected chi connectivity index (χ3v) is 5.14. The van der Waals surface area contributed by atoms with E-state index in [0.29, 0.717) is 5.91 Å². The van der Waals surface area contributed by atoms with Crippen molar-refractivity contribution in [3.63, 3.8) is 0 Å². The number of amides is 1. The van der Waals surface area contributed by atoms with Crippen LogP contribution in [0.15, 0.2) is 17.5 Å². The molecule has 5 heteroatoms. The van der Waals surface area contributed by atoms with Gasteiger partial charge in [0.2, 0.25) is 5.91 Å². The van der Waals surface area contributed by atoms with Gasteiger partial charge in [-0.05, 0) is 57.8 Å². The molecule has 1 saturated heterocycles. The molecule has 1 spiro atoms. The van der Waals surface area contributed by atoms with Crippen LogP contribution in [0.25, 0.3) is 0 Å². The predicted octanol–water partition coefficient (Wildman–Crippen LogP) is 2.05. The number of carbonyl (C=O) groups is 1. The summed E-state index contributed by atoms with van der Waals surface area (Å²) in [5.74, 6) is 0.320. The van der Waals surface area contributed by atoms with E-state index in [4.69, 9.17) is 0 Å². The molecule has 0 aromatic carbocycles. The molecule has 110 valence electrons. The highest BCUT2D eigenvalue weighted by Gasteiger charge is 2.59. The molecule has 0 radical (unpaired) electrons. The molecule has 20 heavy (non-hydrogen) atoms. The molecule has 1 aromatic rings. The maximum absolute atomic E-state index is 12.6. The number of unbranched alkanes of at least 4 members (excludes halogenated alkanes) is 1. The number of carbonyl (C=O) groups excluding carboxylic acids is 1. The average molecular weight is 293 g/mol. The first-order chi connectivity index (χ1) is 9.62. The van der Waals surface area contributed by atoms with Gasteiger partial charge in [0, 0.05) is 11.4 Å². The predicted molar refractivity (Wildman–Crippen MR) is 81.7 cm³/mol. The van der Waals surface area contributed by atoms with E-state index in [1.54, 1.807) is 11.3 Å². The Balaban J connectivity index is 1.64. The summed E-state index contributed by atoms with van der Waals surface area (Å²) in [6, 6.07) is 4.19. The molecular weight excluding hydrogens is 270 g/mol. The first kappa shape index (κ1) is 14.0. The van der Waals surface area contributed by atoms with E-state index in [0.717, 1.165) is 38.8 Å². The minimum absolute atomic E-state index is 0.101. The smallest absolute Gasteiger partial charge is 0.244 e. The van der Waals surface area contributed by atoms with Crippen LogP contribution in [0.4, 0.5) is 0 Å². The van der Waals surface area contributed by atoms with Crippen molar-refractivity contribution in [1.29, 1.82) is 0 Å². The number of rotatable bonds is 6. The monoisotopic (exact) mass is 293 g/mol. The molecule has 3 rings (SSSR count). The topological polar surface area (TPSA) is 35.6 Å². The maximum Gasteiger partial charge on any atom is 0.244 e. The van der Waals surface area contributed by atoms with Crippen molar-refractivity contribution in [3.05, 3.63) is 22.4 Å². The normalized spacial score (nSPS) is 24.1. The lowest BCUT2D eigenvalue weighted by molar-refractivity contribution is -0.130. The maximum atomic E-state index is 12.6. The molecule has 1 amide bonds. The van der Waals surface area contributed by atoms with Gasteiger partial charge < -0.3 is 9.80 Å². The molecule has 1 unspecified atom stereocenters. The van der Waals surface area contributed by atoms with E-state index in [1.165, 1.54) is 4.88 Å². The Labute approximate surface area is 124 Å². The largest absolute Gasteiger partial charge is 0.320 e. The van der Waals surface area contributed by atoms with Crippen LogP contribution in [0.2, 0.25) is 0 Å². The molecule has 1 N–H and O–H groups in total. The fourth-order valence-electron chi connectivity index (χ4n) is 2.89. The van der Waals surface area contributed by atoms with E-state index in [1.807, 2.05) is 0 Å². The Morgan fingerprint density at radius 3 is 2.85 bits per heavy atom. The zero-order valence-corrected chi connectivity index (χ0v) is 13.1. The minimum atomic E-state index is -0.212. The van der Waals surface area contributed by atoms with Gasteiger partial charge in [-0.1, -0.05) is 6.07 Å². The van der Waals surface area contributed by atoms with Gasteiger partial charge in [0.15, 0.2) is 0 Å². The number of thiophene rings is 1. The minimum Gasteiger partial charge on any atom is -0.320 e. The third-order valence-electron chi connectivity index (χ3n) is 4.21. The zero-order valence-electron chi connectivity index (χ0n) is 12.3. The Kier molecular flexibility index (Phi) is 3.84. The van der Waals surface area contributed by atoms with Crippen molar-refractivity contribution in [2.45, 2.75) is 37.4 Å². The van der Waals surface area contributed by atoms with Crippen molar-refractivity contribution in [3.8, 4) is 0 Å². The van der Waals surface area contributed by atoms with Crippen LogP contribution in [-0.2, 0) is 4.79 Å². The second kappa shape index (κ2) is 5.47. The highest BCUT2D eigenvalue weighted by molar-refractivity contribution is 7.10. The van der Waals surface area contributed by atoms with E-state index in [9.17, 15) is 4.79 Å². The second-order valence-corrected chi connectivity index (χ2v) is 7.13. The zero-order chi connectivity index (χ0) is 14.2. The number of hydrogen-bond acceptors (Lipinski definition) is 4. The second-order valence-electron chi connectivity index (χ2n) is 6.15. The molecule has 1 aliphatic heterocycles. The lowest BCUT2D eigenvalue weighted by Gasteiger charge is -2.23. The Morgan fingerprint density at radius 2 is 2.25 bits per heavy atom. The van der Waals surface area contributed by atoms with Crippen LogP contribution in [0.5, 0.6) is 0 Å². The lowest BCUT2D eigenvalue weighted by atomic mass is 10.2. The molecule has 1 saturated carbocycles. The molecule has 4 nitrogen and oxygen atoms in total. The number of hydrogen-bond donors (Lipinski definition) is 1. The van der Waals surface area contributed by atoms with Gasteiger partial charge in [-0.15, -0.1) is 11.3 Å². The fraction of sp³-hybridized carbons (Fsp3) is 0.667. The van der Waals surface area contributed by atoms with Gasteiger partial charge in [-0.25, -0.2) is 0 Å². The standard InChI is InChI=1S/C15H23N3OS/c1-17(2)9-3-4-10-18-13(12-6-5-11-20-12)16-15(7-8-15)14(18)19/h5-6,11,13,16H,3-4,7-10H2,1-2H3. The molecule has 1 atom stereocenters. The molecular formula is C15H23N3OS. The van der Waals surface area contributed by atoms with Crippen molar-refractivity contribution in [1.82, 2.24) is 15.1 Å². The Morgan fingerprint density at radius 1 is 1.45 bits per heavy atom. The number of nitrogens with zero attached hydrogens (tertiary/aromatic N) is 2. The highest BCUT2D eigenvalue weighted by Crippen LogP contribution is 2.46. The van der Waals surface area contributed by atoms with Crippen LogP contribution >= 0.6 is 11.3 Å². The summed E-state index contributed by atoms with van der Waals surface area (Å²) in [5.41, 5.74) is -0.212. The quantitative estimate of drug-likeness (QED) is 0.816. The summed E-state index contributed by atoms with van der Waals surface area (Å²) in [5, 5.41) is 5.66. The summed E-state index contributed by atoms with van der Waals surface area (Å²) >= 11 is 1.73. The summed E-state index contributed by atoms with van der Waals surface area (Å²) in [4.78, 5) is 18.1. The van der Waals surface area contributed by atoms with Gasteiger partial charge in [0.25, 0.3) is 0 Å². The summed E-state index contributed by atoms with van der Waals surface area (Å²) < 4.78 is 0. The van der Waals surface area contributed by atoms with E-state index < -0.39 is 0 Å². The summed E-state index contributed by atoms with van der Waals surface area (Å²) in [6.07, 6.45) is 4.32. The number of nitrogens with one attached hydrogen (secondary N) is 1. The molecule has 2 aliphatic rings. The fourth-order valence-corrected chi connectivity index (χ4v) is 3.68. The molecule has 1 aromatic heterocycles. The molecule has 0 bridgehead atoms. The summed E-state index contributed by atoms with van der Waals surface area (Å²) in [7, 11) is 4.19. The van der Waals surface area contributed by atoms with Gasteiger partial charge >= 0.3 is 0 Å². The Bertz CT molecular complexity index is 467. The first-order valence-corrected chi connectivity index (χ1v) is 8.27.